The normalized spacial score (nSPS) is 19.0. The van der Waals surface area contributed by atoms with Gasteiger partial charge in [-0.2, -0.15) is 0 Å². The Morgan fingerprint density at radius 2 is 1.94 bits per heavy atom. The largest absolute Gasteiger partial charge is 0.444 e. The molecule has 0 spiro atoms. The Labute approximate surface area is 194 Å². The molecule has 2 aliphatic rings. The van der Waals surface area contributed by atoms with E-state index in [9.17, 15) is 14.0 Å². The molecule has 0 bridgehead atoms. The lowest BCUT2D eigenvalue weighted by molar-refractivity contribution is -0.117. The molecule has 2 saturated heterocycles. The number of Topliss-reactive ketones (excluding diaryl/α,β-unsaturated/α-hetero) is 1. The van der Waals surface area contributed by atoms with E-state index in [4.69, 9.17) is 4.74 Å². The fourth-order valence-corrected chi connectivity index (χ4v) is 4.46. The summed E-state index contributed by atoms with van der Waals surface area (Å²) in [5, 5.41) is 6.92. The molecule has 0 saturated carbocycles. The van der Waals surface area contributed by atoms with Gasteiger partial charge < -0.3 is 20.2 Å². The third-order valence-corrected chi connectivity index (χ3v) is 6.44. The Hall–Kier alpha value is -2.77. The number of rotatable bonds is 9. The molecule has 33 heavy (non-hydrogen) atoms. The molecule has 2 fully saturated rings. The molecule has 2 aliphatic heterocycles. The Kier molecular flexibility index (Phi) is 7.73. The van der Waals surface area contributed by atoms with Gasteiger partial charge in [-0.05, 0) is 81.1 Å². The number of hydrogen-bond donors (Lipinski definition) is 2. The maximum Gasteiger partial charge on any atom is 0.414 e. The molecule has 176 valence electrons. The van der Waals surface area contributed by atoms with E-state index in [1.54, 1.807) is 12.1 Å². The number of anilines is 1. The zero-order chi connectivity index (χ0) is 23.2. The highest BCUT2D eigenvalue weighted by Gasteiger charge is 2.32. The molecule has 2 aromatic rings. The molecular formula is C26H32FN3O3. The first-order chi connectivity index (χ1) is 16.0. The quantitative estimate of drug-likeness (QED) is 0.593. The summed E-state index contributed by atoms with van der Waals surface area (Å²) in [6.07, 6.45) is 2.43. The summed E-state index contributed by atoms with van der Waals surface area (Å²) < 4.78 is 20.3. The predicted octanol–water partition coefficient (Wildman–Crippen LogP) is 4.28. The van der Waals surface area contributed by atoms with Crippen molar-refractivity contribution in [3.63, 3.8) is 0 Å². The molecule has 0 aliphatic carbocycles. The van der Waals surface area contributed by atoms with Gasteiger partial charge in [0.25, 0.3) is 0 Å². The lowest BCUT2D eigenvalue weighted by atomic mass is 9.98. The molecule has 2 heterocycles. The summed E-state index contributed by atoms with van der Waals surface area (Å²) in [4.78, 5) is 24.8. The maximum absolute atomic E-state index is 14.9. The Morgan fingerprint density at radius 1 is 1.18 bits per heavy atom. The zero-order valence-corrected chi connectivity index (χ0v) is 19.1. The van der Waals surface area contributed by atoms with Gasteiger partial charge in [-0.15, -0.1) is 0 Å². The first kappa shape index (κ1) is 23.4. The third-order valence-electron chi connectivity index (χ3n) is 6.44. The summed E-state index contributed by atoms with van der Waals surface area (Å²) in [5.41, 5.74) is 2.92. The van der Waals surface area contributed by atoms with E-state index in [0.717, 1.165) is 37.7 Å². The number of ketones is 1. The van der Waals surface area contributed by atoms with Crippen LogP contribution in [0.2, 0.25) is 0 Å². The second-order valence-corrected chi connectivity index (χ2v) is 9.04. The van der Waals surface area contributed by atoms with Gasteiger partial charge in [0.15, 0.2) is 0 Å². The van der Waals surface area contributed by atoms with E-state index >= 15 is 0 Å². The Morgan fingerprint density at radius 3 is 2.64 bits per heavy atom. The van der Waals surface area contributed by atoms with E-state index in [1.807, 2.05) is 24.3 Å². The van der Waals surface area contributed by atoms with Crippen molar-refractivity contribution in [2.45, 2.75) is 45.3 Å². The summed E-state index contributed by atoms with van der Waals surface area (Å²) in [6, 6.07) is 12.7. The number of carbonyl (C=O) groups is 2. The summed E-state index contributed by atoms with van der Waals surface area (Å²) in [7, 11) is 0. The molecule has 0 radical (unpaired) electrons. The van der Waals surface area contributed by atoms with Gasteiger partial charge in [-0.3, -0.25) is 4.90 Å². The number of benzene rings is 2. The van der Waals surface area contributed by atoms with Crippen LogP contribution in [0, 0.1) is 11.7 Å². The van der Waals surface area contributed by atoms with Crippen molar-refractivity contribution in [2.24, 2.45) is 5.92 Å². The van der Waals surface area contributed by atoms with Crippen LogP contribution in [0.4, 0.5) is 14.9 Å². The van der Waals surface area contributed by atoms with Crippen molar-refractivity contribution in [2.75, 3.05) is 31.1 Å². The smallest absolute Gasteiger partial charge is 0.414 e. The fraction of sp³-hybridized carbons (Fsp3) is 0.462. The van der Waals surface area contributed by atoms with Gasteiger partial charge in [0.2, 0.25) is 0 Å². The molecule has 2 N–H and O–H groups in total. The van der Waals surface area contributed by atoms with Gasteiger partial charge in [0.1, 0.15) is 17.7 Å². The van der Waals surface area contributed by atoms with Crippen molar-refractivity contribution < 1.29 is 18.7 Å². The third kappa shape index (κ3) is 6.18. The van der Waals surface area contributed by atoms with Crippen LogP contribution in [0.3, 0.4) is 0 Å². The number of amides is 1. The van der Waals surface area contributed by atoms with Crippen LogP contribution in [-0.4, -0.2) is 44.2 Å². The molecular weight excluding hydrogens is 421 g/mol. The molecule has 7 heteroatoms. The maximum atomic E-state index is 14.9. The number of nitrogens with zero attached hydrogens (tertiary/aromatic N) is 1. The number of ether oxygens (including phenoxy) is 1. The highest BCUT2D eigenvalue weighted by Crippen LogP contribution is 2.30. The standard InChI is InChI=1S/C26H32FN3O3/c1-18(31)2-8-23-17-30(26(32)33-23)22-7-9-24(25(27)14-22)21-5-3-19(4-6-21)15-29-16-20-10-12-28-13-11-20/h3-7,9,14,20,23,28-29H,2,8,10-13,15-17H2,1H3/t23-/m0/s1. The van der Waals surface area contributed by atoms with E-state index in [2.05, 4.69) is 10.6 Å². The lowest BCUT2D eigenvalue weighted by Gasteiger charge is -2.22. The van der Waals surface area contributed by atoms with Gasteiger partial charge >= 0.3 is 6.09 Å². The van der Waals surface area contributed by atoms with E-state index in [1.165, 1.54) is 36.3 Å². The minimum absolute atomic E-state index is 0.0588. The minimum atomic E-state index is -0.503. The number of cyclic esters (lactones) is 1. The van der Waals surface area contributed by atoms with Crippen LogP contribution in [0.1, 0.15) is 38.2 Å². The van der Waals surface area contributed by atoms with Crippen LogP contribution in [0.25, 0.3) is 11.1 Å². The minimum Gasteiger partial charge on any atom is -0.444 e. The first-order valence-electron chi connectivity index (χ1n) is 11.8. The molecule has 1 atom stereocenters. The Balaban J connectivity index is 1.34. The number of hydrogen-bond acceptors (Lipinski definition) is 5. The van der Waals surface area contributed by atoms with Crippen molar-refractivity contribution in [1.82, 2.24) is 10.6 Å². The van der Waals surface area contributed by atoms with Crippen LogP contribution < -0.4 is 15.5 Å². The number of piperidine rings is 1. The second kappa shape index (κ2) is 10.9. The van der Waals surface area contributed by atoms with Crippen LogP contribution >= 0.6 is 0 Å². The topological polar surface area (TPSA) is 70.7 Å². The average Bonchev–Trinajstić information content (AvgIpc) is 3.19. The SMILES string of the molecule is CC(=O)CC[C@H]1CN(c2ccc(-c3ccc(CNCC4CCNCC4)cc3)c(F)c2)C(=O)O1. The lowest BCUT2D eigenvalue weighted by Crippen LogP contribution is -2.33. The van der Waals surface area contributed by atoms with E-state index in [0.29, 0.717) is 30.6 Å². The van der Waals surface area contributed by atoms with Gasteiger partial charge in [-0.25, -0.2) is 9.18 Å². The van der Waals surface area contributed by atoms with Gasteiger partial charge in [0.05, 0.1) is 12.2 Å². The Bertz CT molecular complexity index is 973. The molecule has 6 nitrogen and oxygen atoms in total. The van der Waals surface area contributed by atoms with Crippen LogP contribution in [0.5, 0.6) is 0 Å². The van der Waals surface area contributed by atoms with E-state index < -0.39 is 6.09 Å². The second-order valence-electron chi connectivity index (χ2n) is 9.04. The molecule has 2 aromatic carbocycles. The van der Waals surface area contributed by atoms with Crippen LogP contribution in [0.15, 0.2) is 42.5 Å². The number of nitrogens with one attached hydrogen (secondary N) is 2. The highest BCUT2D eigenvalue weighted by atomic mass is 19.1. The summed E-state index contributed by atoms with van der Waals surface area (Å²) >= 11 is 0. The summed E-state index contributed by atoms with van der Waals surface area (Å²) in [6.45, 7) is 5.86. The highest BCUT2D eigenvalue weighted by molar-refractivity contribution is 5.90. The summed E-state index contributed by atoms with van der Waals surface area (Å²) in [5.74, 6) is 0.406. The van der Waals surface area contributed by atoms with Crippen molar-refractivity contribution in [1.29, 1.82) is 0 Å². The number of halogens is 1. The molecule has 4 rings (SSSR count). The zero-order valence-electron chi connectivity index (χ0n) is 19.1. The van der Waals surface area contributed by atoms with Crippen molar-refractivity contribution in [3.05, 3.63) is 53.8 Å². The van der Waals surface area contributed by atoms with Gasteiger partial charge in [0, 0.05) is 18.5 Å². The van der Waals surface area contributed by atoms with Crippen molar-refractivity contribution in [3.8, 4) is 11.1 Å². The van der Waals surface area contributed by atoms with Crippen molar-refractivity contribution >= 4 is 17.6 Å². The monoisotopic (exact) mass is 453 g/mol. The fourth-order valence-electron chi connectivity index (χ4n) is 4.46. The molecule has 0 aromatic heterocycles. The van der Waals surface area contributed by atoms with Gasteiger partial charge in [-0.1, -0.05) is 24.3 Å². The van der Waals surface area contributed by atoms with Crippen LogP contribution in [-0.2, 0) is 16.1 Å². The van der Waals surface area contributed by atoms with E-state index in [-0.39, 0.29) is 17.7 Å². The number of carbonyl (C=O) groups excluding carboxylic acids is 2. The molecule has 0 unspecified atom stereocenters. The first-order valence-corrected chi connectivity index (χ1v) is 11.8. The molecule has 1 amide bonds. The average molecular weight is 454 g/mol. The predicted molar refractivity (Wildman–Crippen MR) is 127 cm³/mol.